The second-order valence-corrected chi connectivity index (χ2v) is 6.91. The molecule has 2 aliphatic rings. The van der Waals surface area contributed by atoms with E-state index in [1.54, 1.807) is 11.8 Å². The fraction of sp³-hybridized carbons (Fsp3) is 0.562. The zero-order valence-electron chi connectivity index (χ0n) is 12.5. The first-order valence-corrected chi connectivity index (χ1v) is 8.76. The quantitative estimate of drug-likeness (QED) is 0.811. The molecule has 1 aliphatic carbocycles. The summed E-state index contributed by atoms with van der Waals surface area (Å²) < 4.78 is 11.1. The van der Waals surface area contributed by atoms with Crippen molar-refractivity contribution >= 4 is 17.7 Å². The van der Waals surface area contributed by atoms with Crippen molar-refractivity contribution in [1.29, 1.82) is 0 Å². The van der Waals surface area contributed by atoms with E-state index in [0.717, 1.165) is 41.4 Å². The topological polar surface area (TPSA) is 73.6 Å². The molecule has 0 saturated heterocycles. The monoisotopic (exact) mass is 322 g/mol. The Bertz CT molecular complexity index is 538. The zero-order valence-corrected chi connectivity index (χ0v) is 13.4. The highest BCUT2D eigenvalue weighted by Crippen LogP contribution is 2.34. The van der Waals surface area contributed by atoms with E-state index in [1.807, 2.05) is 18.2 Å². The summed E-state index contributed by atoms with van der Waals surface area (Å²) in [6, 6.07) is 6.43. The molecule has 0 radical (unpaired) electrons. The normalized spacial score (nSPS) is 23.3. The molecule has 1 amide bonds. The first-order chi connectivity index (χ1) is 10.7. The lowest BCUT2D eigenvalue weighted by atomic mass is 10.2. The van der Waals surface area contributed by atoms with Crippen LogP contribution in [0, 0.1) is 0 Å². The highest BCUT2D eigenvalue weighted by Gasteiger charge is 2.22. The fourth-order valence-electron chi connectivity index (χ4n) is 2.82. The highest BCUT2D eigenvalue weighted by atomic mass is 32.2. The van der Waals surface area contributed by atoms with Gasteiger partial charge in [-0.2, -0.15) is 0 Å². The van der Waals surface area contributed by atoms with Crippen LogP contribution in [0.4, 0.5) is 0 Å². The number of thioether (sulfide) groups is 1. The number of carbonyl (C=O) groups excluding carboxylic acids is 1. The Balaban J connectivity index is 1.42. The Hall–Kier alpha value is -1.40. The van der Waals surface area contributed by atoms with Crippen LogP contribution >= 0.6 is 11.8 Å². The van der Waals surface area contributed by atoms with Gasteiger partial charge in [0.25, 0.3) is 0 Å². The largest absolute Gasteiger partial charge is 0.486 e. The smallest absolute Gasteiger partial charge is 0.221 e. The minimum Gasteiger partial charge on any atom is -0.486 e. The molecule has 0 unspecified atom stereocenters. The second kappa shape index (κ2) is 7.24. The maximum absolute atomic E-state index is 11.9. The lowest BCUT2D eigenvalue weighted by Crippen LogP contribution is -2.34. The average Bonchev–Trinajstić information content (AvgIpc) is 2.92. The number of carbonyl (C=O) groups is 1. The third-order valence-electron chi connectivity index (χ3n) is 3.95. The number of ether oxygens (including phenoxy) is 2. The number of rotatable bonds is 5. The molecule has 1 aliphatic heterocycles. The summed E-state index contributed by atoms with van der Waals surface area (Å²) in [6.07, 6.45) is 3.44. The Morgan fingerprint density at radius 3 is 2.86 bits per heavy atom. The van der Waals surface area contributed by atoms with Crippen molar-refractivity contribution < 1.29 is 14.3 Å². The molecular weight excluding hydrogens is 300 g/mol. The van der Waals surface area contributed by atoms with Crippen molar-refractivity contribution in [2.75, 3.05) is 19.0 Å². The number of hydrogen-bond donors (Lipinski definition) is 2. The van der Waals surface area contributed by atoms with E-state index >= 15 is 0 Å². The predicted molar refractivity (Wildman–Crippen MR) is 86.5 cm³/mol. The number of fused-ring (bicyclic) bond motifs is 1. The van der Waals surface area contributed by atoms with Gasteiger partial charge in [0.1, 0.15) is 13.2 Å². The third-order valence-corrected chi connectivity index (χ3v) is 4.95. The summed E-state index contributed by atoms with van der Waals surface area (Å²) in [5.74, 6) is 2.46. The molecule has 22 heavy (non-hydrogen) atoms. The molecule has 1 fully saturated rings. The lowest BCUT2D eigenvalue weighted by molar-refractivity contribution is -0.121. The first kappa shape index (κ1) is 15.5. The van der Waals surface area contributed by atoms with Crippen LogP contribution in [0.3, 0.4) is 0 Å². The van der Waals surface area contributed by atoms with E-state index in [4.69, 9.17) is 15.2 Å². The number of nitrogens with one attached hydrogen (secondary N) is 1. The Labute approximate surface area is 134 Å². The summed E-state index contributed by atoms with van der Waals surface area (Å²) in [5.41, 5.74) is 5.86. The number of hydrogen-bond acceptors (Lipinski definition) is 5. The van der Waals surface area contributed by atoms with Crippen LogP contribution in [0.25, 0.3) is 0 Å². The van der Waals surface area contributed by atoms with Gasteiger partial charge in [-0.1, -0.05) is 0 Å². The standard InChI is InChI=1S/C16H22N2O3S/c17-11-1-2-12(9-11)18-16(19)5-8-22-13-3-4-14-15(10-13)21-7-6-20-14/h3-4,10-12H,1-2,5-9,17H2,(H,18,19)/t11-,12-/m0/s1. The van der Waals surface area contributed by atoms with Gasteiger partial charge in [0, 0.05) is 29.2 Å². The fourth-order valence-corrected chi connectivity index (χ4v) is 3.70. The van der Waals surface area contributed by atoms with Crippen molar-refractivity contribution in [3.8, 4) is 11.5 Å². The highest BCUT2D eigenvalue weighted by molar-refractivity contribution is 7.99. The Morgan fingerprint density at radius 1 is 1.27 bits per heavy atom. The van der Waals surface area contributed by atoms with Crippen molar-refractivity contribution in [2.45, 2.75) is 42.7 Å². The van der Waals surface area contributed by atoms with Crippen molar-refractivity contribution in [3.05, 3.63) is 18.2 Å². The van der Waals surface area contributed by atoms with E-state index in [1.165, 1.54) is 0 Å². The molecule has 2 atom stereocenters. The third kappa shape index (κ3) is 4.08. The van der Waals surface area contributed by atoms with Gasteiger partial charge in [-0.3, -0.25) is 4.79 Å². The molecule has 3 N–H and O–H groups in total. The molecule has 0 spiro atoms. The molecule has 6 heteroatoms. The van der Waals surface area contributed by atoms with Gasteiger partial charge in [-0.25, -0.2) is 0 Å². The molecule has 3 rings (SSSR count). The first-order valence-electron chi connectivity index (χ1n) is 7.78. The van der Waals surface area contributed by atoms with Crippen LogP contribution in [0.15, 0.2) is 23.1 Å². The molecule has 1 aromatic rings. The maximum atomic E-state index is 11.9. The molecule has 0 bridgehead atoms. The molecular formula is C16H22N2O3S. The minimum absolute atomic E-state index is 0.115. The van der Waals surface area contributed by atoms with Crippen LogP contribution in [-0.2, 0) is 4.79 Å². The van der Waals surface area contributed by atoms with Gasteiger partial charge in [0.05, 0.1) is 0 Å². The van der Waals surface area contributed by atoms with E-state index in [2.05, 4.69) is 5.32 Å². The SMILES string of the molecule is N[C@H]1CC[C@H](NC(=O)CCSc2ccc3c(c2)OCCO3)C1. The summed E-state index contributed by atoms with van der Waals surface area (Å²) >= 11 is 1.66. The molecule has 1 heterocycles. The van der Waals surface area contributed by atoms with Crippen LogP contribution in [-0.4, -0.2) is 37.0 Å². The summed E-state index contributed by atoms with van der Waals surface area (Å²) in [5, 5.41) is 3.07. The van der Waals surface area contributed by atoms with E-state index in [9.17, 15) is 4.79 Å². The van der Waals surface area contributed by atoms with Crippen LogP contribution < -0.4 is 20.5 Å². The molecule has 1 aromatic carbocycles. The van der Waals surface area contributed by atoms with Crippen LogP contribution in [0.5, 0.6) is 11.5 Å². The minimum atomic E-state index is 0.115. The van der Waals surface area contributed by atoms with Crippen molar-refractivity contribution in [1.82, 2.24) is 5.32 Å². The molecule has 1 saturated carbocycles. The van der Waals surface area contributed by atoms with Crippen molar-refractivity contribution in [3.63, 3.8) is 0 Å². The van der Waals surface area contributed by atoms with Gasteiger partial charge in [0.2, 0.25) is 5.91 Å². The van der Waals surface area contributed by atoms with Crippen molar-refractivity contribution in [2.24, 2.45) is 5.73 Å². The molecule has 120 valence electrons. The van der Waals surface area contributed by atoms with E-state index < -0.39 is 0 Å². The maximum Gasteiger partial charge on any atom is 0.221 e. The van der Waals surface area contributed by atoms with E-state index in [0.29, 0.717) is 19.6 Å². The number of nitrogens with two attached hydrogens (primary N) is 1. The molecule has 5 nitrogen and oxygen atoms in total. The average molecular weight is 322 g/mol. The predicted octanol–water partition coefficient (Wildman–Crippen LogP) is 1.94. The van der Waals surface area contributed by atoms with Crippen LogP contribution in [0.1, 0.15) is 25.7 Å². The van der Waals surface area contributed by atoms with Gasteiger partial charge in [-0.15, -0.1) is 11.8 Å². The Morgan fingerprint density at radius 2 is 2.09 bits per heavy atom. The second-order valence-electron chi connectivity index (χ2n) is 5.74. The molecule has 0 aromatic heterocycles. The number of benzene rings is 1. The van der Waals surface area contributed by atoms with Gasteiger partial charge in [0.15, 0.2) is 11.5 Å². The van der Waals surface area contributed by atoms with Gasteiger partial charge in [-0.05, 0) is 37.5 Å². The van der Waals surface area contributed by atoms with Gasteiger partial charge >= 0.3 is 0 Å². The van der Waals surface area contributed by atoms with Crippen LogP contribution in [0.2, 0.25) is 0 Å². The summed E-state index contributed by atoms with van der Waals surface area (Å²) in [7, 11) is 0. The van der Waals surface area contributed by atoms with Gasteiger partial charge < -0.3 is 20.5 Å². The summed E-state index contributed by atoms with van der Waals surface area (Å²) in [4.78, 5) is 13.0. The van der Waals surface area contributed by atoms with E-state index in [-0.39, 0.29) is 18.0 Å². The number of amides is 1. The summed E-state index contributed by atoms with van der Waals surface area (Å²) in [6.45, 7) is 1.19. The lowest BCUT2D eigenvalue weighted by Gasteiger charge is -2.18. The Kier molecular flexibility index (Phi) is 5.10. The zero-order chi connectivity index (χ0) is 15.4.